The van der Waals surface area contributed by atoms with Crippen LogP contribution < -0.4 is 0 Å². The predicted octanol–water partition coefficient (Wildman–Crippen LogP) is 0.263. The van der Waals surface area contributed by atoms with Crippen LogP contribution in [0.5, 0.6) is 0 Å². The lowest BCUT2D eigenvalue weighted by Crippen LogP contribution is -2.35. The van der Waals surface area contributed by atoms with E-state index in [1.165, 1.54) is 7.05 Å². The Labute approximate surface area is 92.9 Å². The van der Waals surface area contributed by atoms with Gasteiger partial charge in [0.1, 0.15) is 6.54 Å². The molecule has 1 amide bonds. The SMILES string of the molecule is CN(CC(=O)O)C(=O)[C@@H](O)c1ccccc1. The molecule has 0 aliphatic rings. The second kappa shape index (κ2) is 5.27. The Balaban J connectivity index is 2.71. The number of amides is 1. The number of carboxylic acids is 1. The molecule has 0 aliphatic heterocycles. The summed E-state index contributed by atoms with van der Waals surface area (Å²) in [5, 5.41) is 18.2. The van der Waals surface area contributed by atoms with Crippen LogP contribution in [0.4, 0.5) is 0 Å². The minimum absolute atomic E-state index is 0.428. The number of nitrogens with zero attached hydrogens (tertiary/aromatic N) is 1. The van der Waals surface area contributed by atoms with Gasteiger partial charge < -0.3 is 15.1 Å². The second-order valence-electron chi connectivity index (χ2n) is 3.40. The molecule has 0 heterocycles. The number of carbonyl (C=O) groups excluding carboxylic acids is 1. The maximum atomic E-state index is 11.6. The molecule has 5 heteroatoms. The van der Waals surface area contributed by atoms with Gasteiger partial charge in [0.15, 0.2) is 6.10 Å². The van der Waals surface area contributed by atoms with E-state index in [1.807, 2.05) is 0 Å². The molecule has 0 bridgehead atoms. The zero-order valence-corrected chi connectivity index (χ0v) is 8.83. The van der Waals surface area contributed by atoms with Crippen LogP contribution in [-0.4, -0.2) is 40.6 Å². The van der Waals surface area contributed by atoms with Crippen LogP contribution in [0.25, 0.3) is 0 Å². The van der Waals surface area contributed by atoms with Crippen LogP contribution >= 0.6 is 0 Å². The van der Waals surface area contributed by atoms with E-state index in [0.29, 0.717) is 5.56 Å². The first-order valence-electron chi connectivity index (χ1n) is 4.72. The second-order valence-corrected chi connectivity index (χ2v) is 3.40. The van der Waals surface area contributed by atoms with Crippen molar-refractivity contribution < 1.29 is 19.8 Å². The Kier molecular flexibility index (Phi) is 4.02. The van der Waals surface area contributed by atoms with E-state index in [0.717, 1.165) is 4.90 Å². The zero-order valence-electron chi connectivity index (χ0n) is 8.83. The van der Waals surface area contributed by atoms with Gasteiger partial charge in [-0.05, 0) is 5.56 Å². The van der Waals surface area contributed by atoms with Crippen LogP contribution in [0.15, 0.2) is 30.3 Å². The first kappa shape index (κ1) is 12.2. The van der Waals surface area contributed by atoms with Crippen molar-refractivity contribution in [1.29, 1.82) is 0 Å². The fourth-order valence-electron chi connectivity index (χ4n) is 1.27. The van der Waals surface area contributed by atoms with Crippen molar-refractivity contribution in [3.63, 3.8) is 0 Å². The van der Waals surface area contributed by atoms with Gasteiger partial charge in [0.05, 0.1) is 0 Å². The smallest absolute Gasteiger partial charge is 0.323 e. The number of aliphatic carboxylic acids is 1. The number of hydrogen-bond acceptors (Lipinski definition) is 3. The Morgan fingerprint density at radius 3 is 2.38 bits per heavy atom. The summed E-state index contributed by atoms with van der Waals surface area (Å²) in [6, 6.07) is 8.38. The van der Waals surface area contributed by atoms with Crippen LogP contribution in [-0.2, 0) is 9.59 Å². The molecule has 1 atom stereocenters. The molecule has 0 saturated carbocycles. The molecule has 0 aliphatic carbocycles. The van der Waals surface area contributed by atoms with Crippen molar-refractivity contribution in [1.82, 2.24) is 4.90 Å². The van der Waals surface area contributed by atoms with Gasteiger partial charge in [0.25, 0.3) is 5.91 Å². The van der Waals surface area contributed by atoms with E-state index < -0.39 is 24.5 Å². The summed E-state index contributed by atoms with van der Waals surface area (Å²) in [5.41, 5.74) is 0.449. The lowest BCUT2D eigenvalue weighted by atomic mass is 10.1. The van der Waals surface area contributed by atoms with Gasteiger partial charge in [-0.15, -0.1) is 0 Å². The molecule has 0 fully saturated rings. The highest BCUT2D eigenvalue weighted by Gasteiger charge is 2.22. The van der Waals surface area contributed by atoms with Crippen molar-refractivity contribution in [2.45, 2.75) is 6.10 Å². The monoisotopic (exact) mass is 223 g/mol. The summed E-state index contributed by atoms with van der Waals surface area (Å²) in [7, 11) is 1.34. The number of benzene rings is 1. The van der Waals surface area contributed by atoms with E-state index in [-0.39, 0.29) is 0 Å². The number of hydrogen-bond donors (Lipinski definition) is 2. The minimum atomic E-state index is -1.31. The van der Waals surface area contributed by atoms with Crippen molar-refractivity contribution in [3.05, 3.63) is 35.9 Å². The predicted molar refractivity (Wildman–Crippen MR) is 56.7 cm³/mol. The summed E-state index contributed by atoms with van der Waals surface area (Å²) >= 11 is 0. The molecule has 0 unspecified atom stereocenters. The zero-order chi connectivity index (χ0) is 12.1. The minimum Gasteiger partial charge on any atom is -0.480 e. The van der Waals surface area contributed by atoms with Gasteiger partial charge >= 0.3 is 5.97 Å². The molecular weight excluding hydrogens is 210 g/mol. The average molecular weight is 223 g/mol. The summed E-state index contributed by atoms with van der Waals surface area (Å²) in [5.74, 6) is -1.75. The van der Waals surface area contributed by atoms with E-state index in [9.17, 15) is 14.7 Å². The molecule has 0 saturated heterocycles. The van der Waals surface area contributed by atoms with Crippen molar-refractivity contribution in [2.24, 2.45) is 0 Å². The van der Waals surface area contributed by atoms with Gasteiger partial charge in [-0.2, -0.15) is 0 Å². The third-order valence-electron chi connectivity index (χ3n) is 2.10. The van der Waals surface area contributed by atoms with Crippen molar-refractivity contribution in [3.8, 4) is 0 Å². The first-order chi connectivity index (χ1) is 7.52. The largest absolute Gasteiger partial charge is 0.480 e. The molecule has 1 aromatic rings. The third kappa shape index (κ3) is 3.06. The number of likely N-dealkylation sites (N-methyl/N-ethyl adjacent to an activating group) is 1. The Bertz CT molecular complexity index is 377. The Hall–Kier alpha value is -1.88. The summed E-state index contributed by atoms with van der Waals surface area (Å²) in [6.07, 6.45) is -1.31. The molecule has 1 rings (SSSR count). The molecule has 0 radical (unpaired) electrons. The molecular formula is C11H13NO4. The van der Waals surface area contributed by atoms with Crippen LogP contribution in [0.1, 0.15) is 11.7 Å². The molecule has 16 heavy (non-hydrogen) atoms. The Morgan fingerprint density at radius 2 is 1.88 bits per heavy atom. The van der Waals surface area contributed by atoms with Gasteiger partial charge in [-0.3, -0.25) is 9.59 Å². The fraction of sp³-hybridized carbons (Fsp3) is 0.273. The quantitative estimate of drug-likeness (QED) is 0.767. The fourth-order valence-corrected chi connectivity index (χ4v) is 1.27. The van der Waals surface area contributed by atoms with E-state index in [2.05, 4.69) is 0 Å². The number of rotatable bonds is 4. The van der Waals surface area contributed by atoms with Crippen molar-refractivity contribution in [2.75, 3.05) is 13.6 Å². The van der Waals surface area contributed by atoms with Gasteiger partial charge in [0, 0.05) is 7.05 Å². The normalized spacial score (nSPS) is 11.9. The Morgan fingerprint density at radius 1 is 1.31 bits per heavy atom. The standard InChI is InChI=1S/C11H13NO4/c1-12(7-9(13)14)11(16)10(15)8-5-3-2-4-6-8/h2-6,10,15H,7H2,1H3,(H,13,14)/t10-/m0/s1. The van der Waals surface area contributed by atoms with Gasteiger partial charge in [0.2, 0.25) is 0 Å². The highest BCUT2D eigenvalue weighted by molar-refractivity contribution is 5.85. The molecule has 0 aromatic heterocycles. The molecule has 2 N–H and O–H groups in total. The van der Waals surface area contributed by atoms with Gasteiger partial charge in [-0.1, -0.05) is 30.3 Å². The van der Waals surface area contributed by atoms with Gasteiger partial charge in [-0.25, -0.2) is 0 Å². The first-order valence-corrected chi connectivity index (χ1v) is 4.72. The van der Waals surface area contributed by atoms with Crippen LogP contribution in [0.2, 0.25) is 0 Å². The van der Waals surface area contributed by atoms with Crippen LogP contribution in [0.3, 0.4) is 0 Å². The lowest BCUT2D eigenvalue weighted by Gasteiger charge is -2.18. The molecule has 1 aromatic carbocycles. The van der Waals surface area contributed by atoms with E-state index >= 15 is 0 Å². The van der Waals surface area contributed by atoms with Crippen LogP contribution in [0, 0.1) is 0 Å². The maximum Gasteiger partial charge on any atom is 0.323 e. The molecule has 5 nitrogen and oxygen atoms in total. The summed E-state index contributed by atoms with van der Waals surface area (Å²) in [4.78, 5) is 23.0. The number of aliphatic hydroxyl groups excluding tert-OH is 1. The van der Waals surface area contributed by atoms with Crippen molar-refractivity contribution >= 4 is 11.9 Å². The summed E-state index contributed by atoms with van der Waals surface area (Å²) < 4.78 is 0. The highest BCUT2D eigenvalue weighted by Crippen LogP contribution is 2.14. The van der Waals surface area contributed by atoms with E-state index in [1.54, 1.807) is 30.3 Å². The average Bonchev–Trinajstić information content (AvgIpc) is 2.27. The number of carbonyl (C=O) groups is 2. The highest BCUT2D eigenvalue weighted by atomic mass is 16.4. The molecule has 86 valence electrons. The number of carboxylic acid groups (broad SMARTS) is 1. The summed E-state index contributed by atoms with van der Waals surface area (Å²) in [6.45, 7) is -0.428. The maximum absolute atomic E-state index is 11.6. The number of aliphatic hydroxyl groups is 1. The molecule has 0 spiro atoms. The topological polar surface area (TPSA) is 77.8 Å². The third-order valence-corrected chi connectivity index (χ3v) is 2.10. The lowest BCUT2D eigenvalue weighted by molar-refractivity contribution is -0.147. The van der Waals surface area contributed by atoms with E-state index in [4.69, 9.17) is 5.11 Å².